The average molecular weight is 353 g/mol. The third kappa shape index (κ3) is 5.98. The summed E-state index contributed by atoms with van der Waals surface area (Å²) < 4.78 is 0. The minimum absolute atomic E-state index is 0.119. The van der Waals surface area contributed by atoms with Gasteiger partial charge in [-0.2, -0.15) is 5.26 Å². The van der Waals surface area contributed by atoms with E-state index >= 15 is 0 Å². The van der Waals surface area contributed by atoms with E-state index in [2.05, 4.69) is 10.6 Å². The van der Waals surface area contributed by atoms with Crippen molar-refractivity contribution >= 4 is 29.3 Å². The number of anilines is 1. The van der Waals surface area contributed by atoms with E-state index in [1.807, 2.05) is 55.5 Å². The highest BCUT2D eigenvalue weighted by Crippen LogP contribution is 2.18. The molecule has 2 amide bonds. The molecule has 0 aliphatic heterocycles. The molecule has 1 atom stereocenters. The predicted molar refractivity (Wildman–Crippen MR) is 100 cm³/mol. The van der Waals surface area contributed by atoms with Gasteiger partial charge in [-0.1, -0.05) is 30.3 Å². The summed E-state index contributed by atoms with van der Waals surface area (Å²) in [5.41, 5.74) is 2.15. The van der Waals surface area contributed by atoms with Crippen LogP contribution in [0.5, 0.6) is 0 Å². The summed E-state index contributed by atoms with van der Waals surface area (Å²) in [6, 6.07) is 18.2. The van der Waals surface area contributed by atoms with Crippen molar-refractivity contribution < 1.29 is 9.59 Å². The van der Waals surface area contributed by atoms with Crippen molar-refractivity contribution in [3.8, 4) is 6.07 Å². The highest BCUT2D eigenvalue weighted by atomic mass is 32.2. The molecule has 5 nitrogen and oxygen atoms in total. The molecule has 6 heteroatoms. The van der Waals surface area contributed by atoms with Crippen molar-refractivity contribution in [1.29, 1.82) is 5.26 Å². The lowest BCUT2D eigenvalue weighted by molar-refractivity contribution is -0.119. The van der Waals surface area contributed by atoms with Crippen LogP contribution >= 0.6 is 11.8 Å². The van der Waals surface area contributed by atoms with Crippen LogP contribution in [-0.4, -0.2) is 23.3 Å². The standard InChI is InChI=1S/C19H19N3O2S/c1-14(21-18(23)13-25-11-10-20)16-8-5-9-17(12-16)22-19(24)15-6-3-2-4-7-15/h2-9,12,14H,11,13H2,1H3,(H,21,23)(H,22,24)/t14-/m0/s1. The summed E-state index contributed by atoms with van der Waals surface area (Å²) in [5, 5.41) is 14.2. The van der Waals surface area contributed by atoms with Crippen molar-refractivity contribution in [1.82, 2.24) is 5.32 Å². The van der Waals surface area contributed by atoms with E-state index in [9.17, 15) is 9.59 Å². The predicted octanol–water partition coefficient (Wildman–Crippen LogP) is 3.37. The molecule has 0 spiro atoms. The maximum atomic E-state index is 12.2. The van der Waals surface area contributed by atoms with Gasteiger partial charge >= 0.3 is 0 Å². The third-order valence-corrected chi connectivity index (χ3v) is 4.26. The minimum Gasteiger partial charge on any atom is -0.349 e. The number of nitrogens with zero attached hydrogens (tertiary/aromatic N) is 1. The molecule has 0 saturated heterocycles. The Balaban J connectivity index is 1.97. The fourth-order valence-corrected chi connectivity index (χ4v) is 2.70. The number of carbonyl (C=O) groups is 2. The van der Waals surface area contributed by atoms with Crippen LogP contribution in [0.25, 0.3) is 0 Å². The largest absolute Gasteiger partial charge is 0.349 e. The first kappa shape index (κ1) is 18.6. The van der Waals surface area contributed by atoms with Gasteiger partial charge in [0.05, 0.1) is 23.6 Å². The molecular weight excluding hydrogens is 334 g/mol. The Morgan fingerprint density at radius 3 is 2.64 bits per heavy atom. The number of hydrogen-bond acceptors (Lipinski definition) is 4. The van der Waals surface area contributed by atoms with Gasteiger partial charge in [-0.3, -0.25) is 9.59 Å². The Kier molecular flexibility index (Phi) is 7.05. The van der Waals surface area contributed by atoms with E-state index in [0.717, 1.165) is 5.56 Å². The van der Waals surface area contributed by atoms with Crippen molar-refractivity contribution in [3.63, 3.8) is 0 Å². The Labute approximate surface area is 151 Å². The highest BCUT2D eigenvalue weighted by Gasteiger charge is 2.11. The molecule has 0 aromatic heterocycles. The van der Waals surface area contributed by atoms with E-state index < -0.39 is 0 Å². The van der Waals surface area contributed by atoms with Gasteiger partial charge < -0.3 is 10.6 Å². The fraction of sp³-hybridized carbons (Fsp3) is 0.211. The van der Waals surface area contributed by atoms with Crippen molar-refractivity contribution in [3.05, 3.63) is 65.7 Å². The van der Waals surface area contributed by atoms with E-state index in [0.29, 0.717) is 17.0 Å². The van der Waals surface area contributed by atoms with Crippen LogP contribution in [0.15, 0.2) is 54.6 Å². The van der Waals surface area contributed by atoms with Crippen LogP contribution in [0.4, 0.5) is 5.69 Å². The zero-order valence-electron chi connectivity index (χ0n) is 13.9. The van der Waals surface area contributed by atoms with Gasteiger partial charge in [0, 0.05) is 11.3 Å². The summed E-state index contributed by atoms with van der Waals surface area (Å²) in [6.07, 6.45) is 0. The Morgan fingerprint density at radius 2 is 1.92 bits per heavy atom. The second-order valence-electron chi connectivity index (χ2n) is 5.39. The molecule has 0 radical (unpaired) electrons. The normalized spacial score (nSPS) is 11.2. The Morgan fingerprint density at radius 1 is 1.16 bits per heavy atom. The van der Waals surface area contributed by atoms with Crippen molar-refractivity contribution in [2.24, 2.45) is 0 Å². The second kappa shape index (κ2) is 9.50. The number of carbonyl (C=O) groups excluding carboxylic acids is 2. The molecule has 25 heavy (non-hydrogen) atoms. The molecule has 0 unspecified atom stereocenters. The Bertz CT molecular complexity index is 772. The topological polar surface area (TPSA) is 82.0 Å². The molecule has 0 saturated carbocycles. The van der Waals surface area contributed by atoms with Gasteiger partial charge in [0.25, 0.3) is 5.91 Å². The molecular formula is C19H19N3O2S. The summed E-state index contributed by atoms with van der Waals surface area (Å²) in [6.45, 7) is 1.88. The van der Waals surface area contributed by atoms with Gasteiger partial charge in [0.1, 0.15) is 0 Å². The molecule has 0 heterocycles. The van der Waals surface area contributed by atoms with Gasteiger partial charge in [0.2, 0.25) is 5.91 Å². The monoisotopic (exact) mass is 353 g/mol. The van der Waals surface area contributed by atoms with Crippen molar-refractivity contribution in [2.75, 3.05) is 16.8 Å². The smallest absolute Gasteiger partial charge is 0.255 e. The quantitative estimate of drug-likeness (QED) is 0.748. The van der Waals surface area contributed by atoms with E-state index in [4.69, 9.17) is 5.26 Å². The summed E-state index contributed by atoms with van der Waals surface area (Å²) in [7, 11) is 0. The zero-order chi connectivity index (χ0) is 18.1. The number of nitriles is 1. The van der Waals surface area contributed by atoms with Crippen LogP contribution in [0, 0.1) is 11.3 Å². The lowest BCUT2D eigenvalue weighted by atomic mass is 10.1. The van der Waals surface area contributed by atoms with Crippen molar-refractivity contribution in [2.45, 2.75) is 13.0 Å². The Hall–Kier alpha value is -2.78. The van der Waals surface area contributed by atoms with Crippen LogP contribution in [0.2, 0.25) is 0 Å². The van der Waals surface area contributed by atoms with E-state index in [1.165, 1.54) is 11.8 Å². The fourth-order valence-electron chi connectivity index (χ4n) is 2.23. The number of nitrogens with one attached hydrogen (secondary N) is 2. The molecule has 0 aliphatic carbocycles. The first-order chi connectivity index (χ1) is 12.1. The number of rotatable bonds is 7. The molecule has 2 aromatic rings. The maximum absolute atomic E-state index is 12.2. The van der Waals surface area contributed by atoms with E-state index in [-0.39, 0.29) is 23.6 Å². The van der Waals surface area contributed by atoms with Crippen LogP contribution in [0.1, 0.15) is 28.9 Å². The van der Waals surface area contributed by atoms with Gasteiger partial charge in [-0.15, -0.1) is 11.8 Å². The molecule has 2 N–H and O–H groups in total. The third-order valence-electron chi connectivity index (χ3n) is 3.46. The van der Waals surface area contributed by atoms with Crippen LogP contribution in [-0.2, 0) is 4.79 Å². The van der Waals surface area contributed by atoms with E-state index in [1.54, 1.807) is 12.1 Å². The summed E-state index contributed by atoms with van der Waals surface area (Å²) >= 11 is 1.28. The van der Waals surface area contributed by atoms with Gasteiger partial charge in [0.15, 0.2) is 0 Å². The summed E-state index contributed by atoms with van der Waals surface area (Å²) in [5.74, 6) is 0.249. The zero-order valence-corrected chi connectivity index (χ0v) is 14.7. The molecule has 0 bridgehead atoms. The number of thioether (sulfide) groups is 1. The lowest BCUT2D eigenvalue weighted by Crippen LogP contribution is -2.28. The number of amides is 2. The lowest BCUT2D eigenvalue weighted by Gasteiger charge is -2.15. The maximum Gasteiger partial charge on any atom is 0.255 e. The molecule has 0 fully saturated rings. The number of hydrogen-bond donors (Lipinski definition) is 2. The van der Waals surface area contributed by atoms with Gasteiger partial charge in [-0.25, -0.2) is 0 Å². The molecule has 128 valence electrons. The molecule has 2 aromatic carbocycles. The highest BCUT2D eigenvalue weighted by molar-refractivity contribution is 8.00. The first-order valence-electron chi connectivity index (χ1n) is 7.80. The second-order valence-corrected chi connectivity index (χ2v) is 6.37. The van der Waals surface area contributed by atoms with Crippen LogP contribution < -0.4 is 10.6 Å². The minimum atomic E-state index is -0.191. The molecule has 0 aliphatic rings. The van der Waals surface area contributed by atoms with Gasteiger partial charge in [-0.05, 0) is 36.8 Å². The SMILES string of the molecule is C[C@H](NC(=O)CSCC#N)c1cccc(NC(=O)c2ccccc2)c1. The summed E-state index contributed by atoms with van der Waals surface area (Å²) in [4.78, 5) is 24.0. The molecule has 2 rings (SSSR count). The number of benzene rings is 2. The average Bonchev–Trinajstić information content (AvgIpc) is 2.63. The first-order valence-corrected chi connectivity index (χ1v) is 8.96. The van der Waals surface area contributed by atoms with Crippen LogP contribution in [0.3, 0.4) is 0 Å².